The Balaban J connectivity index is 1.45. The van der Waals surface area contributed by atoms with Crippen molar-refractivity contribution in [3.05, 3.63) is 72.2 Å². The maximum Gasteiger partial charge on any atom is 0.319 e. The van der Waals surface area contributed by atoms with Gasteiger partial charge in [-0.05, 0) is 49.3 Å². The van der Waals surface area contributed by atoms with E-state index >= 15 is 4.39 Å². The number of phenolic OH excluding ortho intramolecular Hbond substituents is 1. The van der Waals surface area contributed by atoms with Crippen LogP contribution in [0.25, 0.3) is 37.8 Å². The van der Waals surface area contributed by atoms with E-state index in [1.54, 1.807) is 6.07 Å². The number of aromatic nitrogens is 3. The largest absolute Gasteiger partial charge is 0.508 e. The number of ether oxygens (including phenoxy) is 1. The lowest BCUT2D eigenvalue weighted by molar-refractivity contribution is -0.131. The molecule has 1 N–H and O–H groups in total. The van der Waals surface area contributed by atoms with Crippen LogP contribution in [-0.2, 0) is 4.79 Å². The Morgan fingerprint density at radius 2 is 2.00 bits per heavy atom. The normalized spacial score (nSPS) is 19.0. The molecule has 226 valence electrons. The first-order chi connectivity index (χ1) is 21.2. The minimum Gasteiger partial charge on any atom is -0.508 e. The number of hydrogen-bond acceptors (Lipinski definition) is 8. The van der Waals surface area contributed by atoms with Gasteiger partial charge in [-0.2, -0.15) is 9.97 Å². The van der Waals surface area contributed by atoms with Gasteiger partial charge in [0.2, 0.25) is 6.54 Å². The van der Waals surface area contributed by atoms with Crippen molar-refractivity contribution in [2.45, 2.75) is 24.9 Å². The number of pyridine rings is 1. The molecule has 0 bridgehead atoms. The minimum atomic E-state index is -1.09. The van der Waals surface area contributed by atoms with Crippen LogP contribution in [0.2, 0.25) is 0 Å². The van der Waals surface area contributed by atoms with Gasteiger partial charge in [-0.1, -0.05) is 30.8 Å². The molecule has 4 aromatic rings. The summed E-state index contributed by atoms with van der Waals surface area (Å²) in [6.07, 6.45) is 3.49. The maximum atomic E-state index is 16.5. The molecule has 12 heteroatoms. The zero-order valence-electron chi connectivity index (χ0n) is 24.2. The summed E-state index contributed by atoms with van der Waals surface area (Å²) in [6, 6.07) is 9.91. The average Bonchev–Trinajstić information content (AvgIpc) is 3.43. The lowest BCUT2D eigenvalue weighted by Gasteiger charge is -2.39. The van der Waals surface area contributed by atoms with Crippen molar-refractivity contribution >= 4 is 33.4 Å². The summed E-state index contributed by atoms with van der Waals surface area (Å²) >= 11 is 0. The fourth-order valence-electron chi connectivity index (χ4n) is 6.10. The molecule has 44 heavy (non-hydrogen) atoms. The van der Waals surface area contributed by atoms with Crippen molar-refractivity contribution in [2.24, 2.45) is 0 Å². The van der Waals surface area contributed by atoms with E-state index in [1.165, 1.54) is 17.2 Å². The molecule has 10 nitrogen and oxygen atoms in total. The van der Waals surface area contributed by atoms with Gasteiger partial charge in [0, 0.05) is 37.4 Å². The highest BCUT2D eigenvalue weighted by Crippen LogP contribution is 2.37. The van der Waals surface area contributed by atoms with E-state index in [-0.39, 0.29) is 55.2 Å². The zero-order valence-corrected chi connectivity index (χ0v) is 24.2. The van der Waals surface area contributed by atoms with Gasteiger partial charge >= 0.3 is 6.01 Å². The molecule has 2 aliphatic rings. The second-order valence-electron chi connectivity index (χ2n) is 11.2. The van der Waals surface area contributed by atoms with E-state index < -0.39 is 23.6 Å². The molecule has 2 aromatic carbocycles. The molecule has 0 spiro atoms. The van der Waals surface area contributed by atoms with Crippen LogP contribution in [0.15, 0.2) is 55.0 Å². The number of benzene rings is 2. The number of fused-ring (bicyclic) bond motifs is 2. The maximum absolute atomic E-state index is 16.5. The second kappa shape index (κ2) is 12.0. The highest BCUT2D eigenvalue weighted by atomic mass is 19.1. The third-order valence-corrected chi connectivity index (χ3v) is 8.40. The number of hydrogen-bond donors (Lipinski definition) is 1. The van der Waals surface area contributed by atoms with Crippen LogP contribution in [0.5, 0.6) is 11.8 Å². The monoisotopic (exact) mass is 599 g/mol. The molecule has 0 saturated carbocycles. The fraction of sp³-hybridized carbons (Fsp3) is 0.344. The predicted octanol–water partition coefficient (Wildman–Crippen LogP) is 4.58. The Morgan fingerprint density at radius 3 is 2.75 bits per heavy atom. The number of carbonyl (C=O) groups is 1. The summed E-state index contributed by atoms with van der Waals surface area (Å²) in [4.78, 5) is 34.9. The molecule has 4 heterocycles. The van der Waals surface area contributed by atoms with Crippen LogP contribution in [0, 0.1) is 12.4 Å². The highest BCUT2D eigenvalue weighted by Gasteiger charge is 2.35. The van der Waals surface area contributed by atoms with Crippen molar-refractivity contribution in [1.29, 1.82) is 0 Å². The number of piperazine rings is 1. The Labute approximate surface area is 253 Å². The van der Waals surface area contributed by atoms with Crippen molar-refractivity contribution in [3.63, 3.8) is 0 Å². The van der Waals surface area contributed by atoms with Crippen LogP contribution in [0.1, 0.15) is 12.8 Å². The van der Waals surface area contributed by atoms with E-state index in [1.807, 2.05) is 36.2 Å². The predicted molar refractivity (Wildman–Crippen MR) is 162 cm³/mol. The molecule has 0 unspecified atom stereocenters. The Morgan fingerprint density at radius 1 is 1.18 bits per heavy atom. The van der Waals surface area contributed by atoms with Crippen molar-refractivity contribution < 1.29 is 23.4 Å². The minimum absolute atomic E-state index is 0.0120. The van der Waals surface area contributed by atoms with Gasteiger partial charge in [-0.15, -0.1) is 0 Å². The first-order valence-corrected chi connectivity index (χ1v) is 14.4. The summed E-state index contributed by atoms with van der Waals surface area (Å²) in [5.74, 6) is -2.34. The Kier molecular flexibility index (Phi) is 7.97. The number of aromatic hydroxyl groups is 1. The third-order valence-electron chi connectivity index (χ3n) is 8.40. The molecule has 2 aromatic heterocycles. The van der Waals surface area contributed by atoms with Gasteiger partial charge in [0.15, 0.2) is 11.6 Å². The number of halogens is 2. The van der Waals surface area contributed by atoms with Crippen LogP contribution in [0.3, 0.4) is 0 Å². The number of rotatable bonds is 7. The van der Waals surface area contributed by atoms with Crippen LogP contribution < -0.4 is 9.64 Å². The lowest BCUT2D eigenvalue weighted by atomic mass is 10.00. The molecular weight excluding hydrogens is 568 g/mol. The summed E-state index contributed by atoms with van der Waals surface area (Å²) in [5, 5.41) is 12.2. The van der Waals surface area contributed by atoms with E-state index in [0.29, 0.717) is 28.8 Å². The van der Waals surface area contributed by atoms with Gasteiger partial charge in [0.1, 0.15) is 35.4 Å². The Bertz CT molecular complexity index is 1810. The highest BCUT2D eigenvalue weighted by molar-refractivity contribution is 6.00. The molecule has 2 aliphatic heterocycles. The second-order valence-corrected chi connectivity index (χ2v) is 11.2. The topological polar surface area (TPSA) is 99.3 Å². The Hall–Kier alpha value is -4.89. The number of anilines is 1. The van der Waals surface area contributed by atoms with Crippen LogP contribution >= 0.6 is 0 Å². The van der Waals surface area contributed by atoms with E-state index in [9.17, 15) is 14.3 Å². The number of phenols is 1. The standard InChI is InChI=1S/C32H31F2N7O3/c1-19(33)31(43)41-12-11-40(17-22(41)15-35-2)30-26-16-36-28(25-14-23(42)13-20-7-4-5-9-24(20)25)27(34)29(26)37-32(38-30)44-18-21-8-6-10-39(21)3/h4-5,7,9,13-14,16,21-22,42H,1,6,8,10-12,15,17-18H2,3H3/t21-,22-/m0/s1. The average molecular weight is 600 g/mol. The number of likely N-dealkylation sites (N-methyl/N-ethyl adjacent to an activating group) is 1. The van der Waals surface area contributed by atoms with Gasteiger partial charge in [0.05, 0.1) is 5.39 Å². The molecule has 0 radical (unpaired) electrons. The fourth-order valence-corrected chi connectivity index (χ4v) is 6.10. The molecule has 6 rings (SSSR count). The molecule has 0 aliphatic carbocycles. The number of nitrogens with zero attached hydrogens (tertiary/aromatic N) is 7. The van der Waals surface area contributed by atoms with Gasteiger partial charge < -0.3 is 29.4 Å². The summed E-state index contributed by atoms with van der Waals surface area (Å²) in [6.45, 7) is 12.2. The molecule has 1 amide bonds. The van der Waals surface area contributed by atoms with Gasteiger partial charge in [-0.25, -0.2) is 15.4 Å². The quantitative estimate of drug-likeness (QED) is 0.244. The molecule has 2 saturated heterocycles. The SMILES string of the molecule is [C-]#[N+]C[C@H]1CN(c2nc(OC[C@@H]3CCCN3C)nc3c(F)c(-c4cc(O)cc5ccccc45)ncc23)CCN1C(=O)C(=C)F. The lowest BCUT2D eigenvalue weighted by Crippen LogP contribution is -2.56. The zero-order chi connectivity index (χ0) is 31.0. The van der Waals surface area contributed by atoms with Crippen molar-refractivity contribution in [2.75, 3.05) is 51.3 Å². The van der Waals surface area contributed by atoms with Crippen LogP contribution in [-0.4, -0.2) is 94.2 Å². The first-order valence-electron chi connectivity index (χ1n) is 14.4. The molecular formula is C32H31F2N7O3. The van der Waals surface area contributed by atoms with Gasteiger partial charge in [-0.3, -0.25) is 9.78 Å². The summed E-state index contributed by atoms with van der Waals surface area (Å²) in [7, 11) is 2.02. The van der Waals surface area contributed by atoms with Gasteiger partial charge in [0.25, 0.3) is 5.91 Å². The van der Waals surface area contributed by atoms with E-state index in [0.717, 1.165) is 24.8 Å². The molecule has 2 fully saturated rings. The number of carbonyl (C=O) groups excluding carboxylic acids is 1. The van der Waals surface area contributed by atoms with E-state index in [4.69, 9.17) is 11.3 Å². The summed E-state index contributed by atoms with van der Waals surface area (Å²) in [5.41, 5.74) is 0.406. The van der Waals surface area contributed by atoms with Crippen molar-refractivity contribution in [3.8, 4) is 23.0 Å². The number of amides is 1. The first kappa shape index (κ1) is 29.2. The van der Waals surface area contributed by atoms with Crippen LogP contribution in [0.4, 0.5) is 14.6 Å². The van der Waals surface area contributed by atoms with E-state index in [2.05, 4.69) is 31.3 Å². The molecule has 2 atom stereocenters. The van der Waals surface area contributed by atoms with Crippen molar-refractivity contribution in [1.82, 2.24) is 24.8 Å². The third kappa shape index (κ3) is 5.46. The summed E-state index contributed by atoms with van der Waals surface area (Å²) < 4.78 is 36.4. The smallest absolute Gasteiger partial charge is 0.319 e. The number of likely N-dealkylation sites (tertiary alicyclic amines) is 1.